The smallest absolute Gasteiger partial charge is 0.102 e. The number of ether oxygens (including phenoxy) is 1. The first-order valence-corrected chi connectivity index (χ1v) is 8.05. The van der Waals surface area contributed by atoms with Crippen molar-refractivity contribution < 1.29 is 4.74 Å². The highest BCUT2D eigenvalue weighted by Crippen LogP contribution is 2.54. The zero-order valence-electron chi connectivity index (χ0n) is 13.2. The Morgan fingerprint density at radius 1 is 1.20 bits per heavy atom. The number of nitrogens with zero attached hydrogens (tertiary/aromatic N) is 2. The highest BCUT2D eigenvalue weighted by Gasteiger charge is 2.45. The van der Waals surface area contributed by atoms with Gasteiger partial charge >= 0.3 is 0 Å². The van der Waals surface area contributed by atoms with E-state index in [0.29, 0.717) is 5.92 Å². The van der Waals surface area contributed by atoms with E-state index in [9.17, 15) is 0 Å². The fraction of sp³-hybridized carbons (Fsp3) is 0.765. The van der Waals surface area contributed by atoms with Crippen molar-refractivity contribution in [1.82, 2.24) is 9.80 Å². The molecule has 1 heterocycles. The minimum atomic E-state index is 0.712. The van der Waals surface area contributed by atoms with E-state index in [4.69, 9.17) is 4.74 Å². The van der Waals surface area contributed by atoms with Crippen molar-refractivity contribution in [2.45, 2.75) is 26.2 Å². The third-order valence-electron chi connectivity index (χ3n) is 5.15. The Hall–Kier alpha value is -0.800. The summed E-state index contributed by atoms with van der Waals surface area (Å²) < 4.78 is 5.54. The normalized spacial score (nSPS) is 31.1. The number of methoxy groups -OCH3 is 1. The first-order valence-electron chi connectivity index (χ1n) is 8.05. The van der Waals surface area contributed by atoms with Gasteiger partial charge in [0.05, 0.1) is 7.11 Å². The van der Waals surface area contributed by atoms with Gasteiger partial charge in [0.15, 0.2) is 0 Å². The topological polar surface area (TPSA) is 15.7 Å². The zero-order valence-corrected chi connectivity index (χ0v) is 13.2. The second-order valence-electron chi connectivity index (χ2n) is 6.67. The summed E-state index contributed by atoms with van der Waals surface area (Å²) in [6.07, 6.45) is 6.31. The maximum atomic E-state index is 5.54. The van der Waals surface area contributed by atoms with Crippen LogP contribution in [0.2, 0.25) is 0 Å². The Balaban J connectivity index is 1.47. The maximum Gasteiger partial charge on any atom is 0.102 e. The minimum absolute atomic E-state index is 0.712. The Morgan fingerprint density at radius 2 is 1.95 bits per heavy atom. The Bertz CT molecular complexity index is 419. The van der Waals surface area contributed by atoms with Crippen molar-refractivity contribution in [3.05, 3.63) is 23.0 Å². The van der Waals surface area contributed by atoms with Crippen molar-refractivity contribution in [3.8, 4) is 0 Å². The van der Waals surface area contributed by atoms with Crippen LogP contribution in [-0.2, 0) is 4.74 Å². The van der Waals surface area contributed by atoms with Crippen molar-refractivity contribution >= 4 is 0 Å². The molecule has 3 heteroatoms. The molecule has 0 bridgehead atoms. The van der Waals surface area contributed by atoms with E-state index in [1.165, 1.54) is 63.3 Å². The van der Waals surface area contributed by atoms with Gasteiger partial charge in [0, 0.05) is 32.1 Å². The van der Waals surface area contributed by atoms with E-state index in [2.05, 4.69) is 29.8 Å². The number of hydrogen-bond acceptors (Lipinski definition) is 3. The summed E-state index contributed by atoms with van der Waals surface area (Å²) in [4.78, 5) is 5.05. The van der Waals surface area contributed by atoms with Gasteiger partial charge in [0.1, 0.15) is 5.76 Å². The fourth-order valence-electron chi connectivity index (χ4n) is 3.79. The lowest BCUT2D eigenvalue weighted by atomic mass is 9.95. The molecule has 0 radical (unpaired) electrons. The molecule has 3 rings (SSSR count). The lowest BCUT2D eigenvalue weighted by molar-refractivity contribution is 0.153. The van der Waals surface area contributed by atoms with Gasteiger partial charge in [0.2, 0.25) is 0 Å². The highest BCUT2D eigenvalue weighted by atomic mass is 16.5. The van der Waals surface area contributed by atoms with E-state index in [-0.39, 0.29) is 0 Å². The third kappa shape index (κ3) is 2.94. The third-order valence-corrected chi connectivity index (χ3v) is 5.15. The van der Waals surface area contributed by atoms with Gasteiger partial charge in [-0.2, -0.15) is 0 Å². The van der Waals surface area contributed by atoms with E-state index in [1.54, 1.807) is 5.57 Å². The van der Waals surface area contributed by atoms with Gasteiger partial charge < -0.3 is 14.5 Å². The zero-order chi connectivity index (χ0) is 14.1. The number of allylic oxidation sites excluding steroid dienone is 4. The minimum Gasteiger partial charge on any atom is -0.501 e. The van der Waals surface area contributed by atoms with E-state index < -0.39 is 0 Å². The summed E-state index contributed by atoms with van der Waals surface area (Å²) in [5.74, 6) is 2.77. The molecule has 1 aliphatic heterocycles. The van der Waals surface area contributed by atoms with Crippen LogP contribution >= 0.6 is 0 Å². The molecule has 1 saturated carbocycles. The van der Waals surface area contributed by atoms with E-state index in [1.807, 2.05) is 7.11 Å². The molecule has 2 aliphatic carbocycles. The number of hydrogen-bond donors (Lipinski definition) is 0. The van der Waals surface area contributed by atoms with E-state index >= 15 is 0 Å². The summed E-state index contributed by atoms with van der Waals surface area (Å²) in [5, 5.41) is 0. The molecule has 0 aromatic heterocycles. The SMILES string of the molecule is COC1=C(C)C=C(CCCN2CCN(C)CC2)C2CC12. The van der Waals surface area contributed by atoms with Crippen LogP contribution in [0.15, 0.2) is 23.0 Å². The summed E-state index contributed by atoms with van der Waals surface area (Å²) in [6, 6.07) is 0. The molecule has 0 amide bonds. The first kappa shape index (κ1) is 14.2. The molecule has 0 spiro atoms. The Kier molecular flexibility index (Phi) is 4.18. The molecule has 112 valence electrons. The van der Waals surface area contributed by atoms with Crippen LogP contribution in [0.4, 0.5) is 0 Å². The second kappa shape index (κ2) is 5.90. The van der Waals surface area contributed by atoms with Crippen LogP contribution in [0.3, 0.4) is 0 Å². The fourth-order valence-corrected chi connectivity index (χ4v) is 3.79. The molecule has 0 aromatic rings. The summed E-state index contributed by atoms with van der Waals surface area (Å²) in [7, 11) is 4.04. The van der Waals surface area contributed by atoms with Crippen LogP contribution in [0.1, 0.15) is 26.2 Å². The van der Waals surface area contributed by atoms with Gasteiger partial charge in [-0.3, -0.25) is 0 Å². The Morgan fingerprint density at radius 3 is 2.65 bits per heavy atom. The van der Waals surface area contributed by atoms with E-state index in [0.717, 1.165) is 5.92 Å². The van der Waals surface area contributed by atoms with Crippen LogP contribution in [-0.4, -0.2) is 56.7 Å². The molecular weight excluding hydrogens is 248 g/mol. The largest absolute Gasteiger partial charge is 0.501 e. The quantitative estimate of drug-likeness (QED) is 0.767. The summed E-state index contributed by atoms with van der Waals surface area (Å²) in [6.45, 7) is 8.41. The molecule has 2 fully saturated rings. The molecule has 0 N–H and O–H groups in total. The predicted molar refractivity (Wildman–Crippen MR) is 82.6 cm³/mol. The molecule has 1 saturated heterocycles. The molecular formula is C17H28N2O. The number of likely N-dealkylation sites (N-methyl/N-ethyl adjacent to an activating group) is 1. The second-order valence-corrected chi connectivity index (χ2v) is 6.67. The van der Waals surface area contributed by atoms with Crippen LogP contribution < -0.4 is 0 Å². The van der Waals surface area contributed by atoms with Gasteiger partial charge in [-0.05, 0) is 51.3 Å². The molecule has 0 aromatic carbocycles. The van der Waals surface area contributed by atoms with Crippen molar-refractivity contribution in [2.75, 3.05) is 46.9 Å². The highest BCUT2D eigenvalue weighted by molar-refractivity contribution is 5.39. The van der Waals surface area contributed by atoms with Gasteiger partial charge in [-0.15, -0.1) is 0 Å². The summed E-state index contributed by atoms with van der Waals surface area (Å²) in [5.41, 5.74) is 3.04. The molecule has 3 nitrogen and oxygen atoms in total. The van der Waals surface area contributed by atoms with Crippen molar-refractivity contribution in [2.24, 2.45) is 11.8 Å². The number of rotatable bonds is 5. The standard InChI is InChI=1S/C17H28N2O/c1-13-11-14(15-12-16(15)17(13)20-3)5-4-6-19-9-7-18(2)8-10-19/h11,15-16H,4-10,12H2,1-3H3. The van der Waals surface area contributed by atoms with Crippen molar-refractivity contribution in [3.63, 3.8) is 0 Å². The average molecular weight is 276 g/mol. The van der Waals surface area contributed by atoms with Crippen LogP contribution in [0.25, 0.3) is 0 Å². The average Bonchev–Trinajstić information content (AvgIpc) is 3.21. The lowest BCUT2D eigenvalue weighted by Gasteiger charge is -2.32. The maximum absolute atomic E-state index is 5.54. The van der Waals surface area contributed by atoms with Crippen LogP contribution in [0.5, 0.6) is 0 Å². The summed E-state index contributed by atoms with van der Waals surface area (Å²) >= 11 is 0. The van der Waals surface area contributed by atoms with Crippen molar-refractivity contribution in [1.29, 1.82) is 0 Å². The van der Waals surface area contributed by atoms with Gasteiger partial charge in [0.25, 0.3) is 0 Å². The predicted octanol–water partition coefficient (Wildman–Crippen LogP) is 2.51. The van der Waals surface area contributed by atoms with Crippen LogP contribution in [0, 0.1) is 11.8 Å². The van der Waals surface area contributed by atoms with Gasteiger partial charge in [-0.25, -0.2) is 0 Å². The molecule has 2 unspecified atom stereocenters. The monoisotopic (exact) mass is 276 g/mol. The Labute approximate surface area is 123 Å². The molecule has 20 heavy (non-hydrogen) atoms. The molecule has 3 aliphatic rings. The molecule has 2 atom stereocenters. The number of fused-ring (bicyclic) bond motifs is 1. The number of piperazine rings is 1. The van der Waals surface area contributed by atoms with Gasteiger partial charge in [-0.1, -0.05) is 11.6 Å². The lowest BCUT2D eigenvalue weighted by Crippen LogP contribution is -2.44. The first-order chi connectivity index (χ1) is 9.69.